The van der Waals surface area contributed by atoms with Crippen LogP contribution in [0.15, 0.2) is 134 Å². The van der Waals surface area contributed by atoms with E-state index in [1.54, 1.807) is 80.6 Å². The van der Waals surface area contributed by atoms with Gasteiger partial charge < -0.3 is 18.9 Å². The number of carbonyl (C=O) groups is 4. The van der Waals surface area contributed by atoms with Crippen molar-refractivity contribution >= 4 is 36.0 Å². The van der Waals surface area contributed by atoms with Crippen molar-refractivity contribution in [2.75, 3.05) is 0 Å². The minimum Gasteiger partial charge on any atom is -0.423 e. The standard InChI is InChI=1S/C46H36O8/c1-29(2)43(47)51-39-23-17-35(18-24-39)14-11-33-9-12-34(13-10-33)15-21-37-27-42(54-46(50)32(7)8)38(28-41(37)53-45(49)31(5)6)22-16-36-19-25-40(26-20-36)52-44(48)30(3)4/h9-10,12-13,15,17-21,23-28H,1,3,5,7H2,2,4,6,8H3/b21-15+. The zero-order valence-corrected chi connectivity index (χ0v) is 30.3. The average Bonchev–Trinajstić information content (AvgIpc) is 3.14. The molecule has 8 heteroatoms. The third-order valence-corrected chi connectivity index (χ3v) is 7.10. The molecule has 0 saturated heterocycles. The number of rotatable bonds is 10. The Kier molecular flexibility index (Phi) is 13.3. The van der Waals surface area contributed by atoms with Crippen molar-refractivity contribution < 1.29 is 38.1 Å². The van der Waals surface area contributed by atoms with Gasteiger partial charge in [-0.3, -0.25) is 0 Å². The normalized spacial score (nSPS) is 10.1. The number of ether oxygens (including phenoxy) is 4. The van der Waals surface area contributed by atoms with Crippen LogP contribution in [0.3, 0.4) is 0 Å². The molecule has 4 aromatic rings. The van der Waals surface area contributed by atoms with E-state index in [0.717, 1.165) is 16.7 Å². The van der Waals surface area contributed by atoms with Crippen LogP contribution in [0.5, 0.6) is 23.0 Å². The van der Waals surface area contributed by atoms with E-state index in [1.165, 1.54) is 19.9 Å². The van der Waals surface area contributed by atoms with E-state index < -0.39 is 23.9 Å². The van der Waals surface area contributed by atoms with Crippen LogP contribution in [-0.2, 0) is 19.2 Å². The number of hydrogen-bond acceptors (Lipinski definition) is 8. The molecule has 0 amide bonds. The highest BCUT2D eigenvalue weighted by molar-refractivity contribution is 5.92. The van der Waals surface area contributed by atoms with Crippen molar-refractivity contribution in [2.24, 2.45) is 0 Å². The smallest absolute Gasteiger partial charge is 0.338 e. The van der Waals surface area contributed by atoms with Gasteiger partial charge >= 0.3 is 23.9 Å². The third-order valence-electron chi connectivity index (χ3n) is 7.10. The first kappa shape index (κ1) is 39.4. The Balaban J connectivity index is 1.63. The molecule has 0 bridgehead atoms. The van der Waals surface area contributed by atoms with Gasteiger partial charge in [0.05, 0.1) is 5.56 Å². The highest BCUT2D eigenvalue weighted by Gasteiger charge is 2.17. The second kappa shape index (κ2) is 18.2. The molecule has 0 saturated carbocycles. The lowest BCUT2D eigenvalue weighted by molar-refractivity contribution is -0.131. The first-order valence-corrected chi connectivity index (χ1v) is 16.4. The molecule has 4 aromatic carbocycles. The van der Waals surface area contributed by atoms with E-state index >= 15 is 0 Å². The molecule has 0 aliphatic heterocycles. The zero-order valence-electron chi connectivity index (χ0n) is 30.3. The van der Waals surface area contributed by atoms with E-state index in [1.807, 2.05) is 24.3 Å². The largest absolute Gasteiger partial charge is 0.423 e. The summed E-state index contributed by atoms with van der Waals surface area (Å²) >= 11 is 0. The molecule has 0 fully saturated rings. The van der Waals surface area contributed by atoms with E-state index in [2.05, 4.69) is 50.0 Å². The van der Waals surface area contributed by atoms with Crippen molar-refractivity contribution in [3.05, 3.63) is 167 Å². The van der Waals surface area contributed by atoms with E-state index in [-0.39, 0.29) is 33.8 Å². The number of carbonyl (C=O) groups excluding carboxylic acids is 4. The van der Waals surface area contributed by atoms with Crippen LogP contribution in [0.2, 0.25) is 0 Å². The van der Waals surface area contributed by atoms with Gasteiger partial charge in [-0.1, -0.05) is 74.3 Å². The number of benzene rings is 4. The lowest BCUT2D eigenvalue weighted by Gasteiger charge is -2.13. The van der Waals surface area contributed by atoms with Crippen molar-refractivity contribution in [3.63, 3.8) is 0 Å². The molecule has 8 nitrogen and oxygen atoms in total. The van der Waals surface area contributed by atoms with Gasteiger partial charge in [-0.05, 0) is 100.0 Å². The van der Waals surface area contributed by atoms with Crippen LogP contribution in [-0.4, -0.2) is 23.9 Å². The van der Waals surface area contributed by atoms with Crippen LogP contribution in [0.4, 0.5) is 0 Å². The summed E-state index contributed by atoms with van der Waals surface area (Å²) in [6.07, 6.45) is 3.51. The van der Waals surface area contributed by atoms with Crippen LogP contribution in [0, 0.1) is 23.7 Å². The summed E-state index contributed by atoms with van der Waals surface area (Å²) in [5, 5.41) is 0. The Hall–Kier alpha value is -7.42. The Morgan fingerprint density at radius 2 is 0.833 bits per heavy atom. The fraction of sp³-hybridized carbons (Fsp3) is 0.0870. The lowest BCUT2D eigenvalue weighted by atomic mass is 10.1. The van der Waals surface area contributed by atoms with Crippen molar-refractivity contribution in [2.45, 2.75) is 27.7 Å². The van der Waals surface area contributed by atoms with Crippen LogP contribution >= 0.6 is 0 Å². The molecule has 0 radical (unpaired) electrons. The molecule has 0 spiro atoms. The monoisotopic (exact) mass is 716 g/mol. The van der Waals surface area contributed by atoms with Crippen LogP contribution < -0.4 is 18.9 Å². The maximum Gasteiger partial charge on any atom is 0.338 e. The minimum atomic E-state index is -0.665. The summed E-state index contributed by atoms with van der Waals surface area (Å²) < 4.78 is 21.8. The maximum atomic E-state index is 12.7. The van der Waals surface area contributed by atoms with Gasteiger partial charge in [0.1, 0.15) is 23.0 Å². The zero-order chi connectivity index (χ0) is 39.4. The number of esters is 4. The molecule has 0 atom stereocenters. The van der Waals surface area contributed by atoms with Gasteiger partial charge in [-0.15, -0.1) is 0 Å². The first-order valence-electron chi connectivity index (χ1n) is 16.4. The van der Waals surface area contributed by atoms with Gasteiger partial charge in [0.25, 0.3) is 0 Å². The summed E-state index contributed by atoms with van der Waals surface area (Å²) in [4.78, 5) is 48.9. The highest BCUT2D eigenvalue weighted by Crippen LogP contribution is 2.32. The van der Waals surface area contributed by atoms with Crippen molar-refractivity contribution in [1.29, 1.82) is 0 Å². The summed E-state index contributed by atoms with van der Waals surface area (Å²) in [5.41, 5.74) is 4.49. The summed E-state index contributed by atoms with van der Waals surface area (Å²) in [7, 11) is 0. The first-order chi connectivity index (χ1) is 25.7. The topological polar surface area (TPSA) is 105 Å². The summed E-state index contributed by atoms with van der Waals surface area (Å²) in [6.45, 7) is 20.7. The van der Waals surface area contributed by atoms with Gasteiger partial charge in [0, 0.05) is 50.6 Å². The van der Waals surface area contributed by atoms with Crippen LogP contribution in [0.1, 0.15) is 61.1 Å². The average molecular weight is 717 g/mol. The SMILES string of the molecule is C=C(C)C(=O)Oc1ccc(C#Cc2ccc(/C=C/c3cc(OC(=O)C(=C)C)c(C#Cc4ccc(OC(=O)C(=C)C)cc4)cc3OC(=O)C(=C)C)cc2)cc1. The predicted octanol–water partition coefficient (Wildman–Crippen LogP) is 8.58. The van der Waals surface area contributed by atoms with Gasteiger partial charge in [0.2, 0.25) is 0 Å². The fourth-order valence-corrected chi connectivity index (χ4v) is 4.10. The Labute approximate surface area is 314 Å². The molecule has 0 aliphatic rings. The molecule has 0 N–H and O–H groups in total. The van der Waals surface area contributed by atoms with Crippen molar-refractivity contribution in [3.8, 4) is 46.7 Å². The second-order valence-electron chi connectivity index (χ2n) is 12.1. The molecule has 0 heterocycles. The Morgan fingerprint density at radius 3 is 1.26 bits per heavy atom. The lowest BCUT2D eigenvalue weighted by Crippen LogP contribution is -2.12. The summed E-state index contributed by atoms with van der Waals surface area (Å²) in [5.74, 6) is 10.8. The second-order valence-corrected chi connectivity index (χ2v) is 12.1. The maximum absolute atomic E-state index is 12.7. The molecule has 0 aromatic heterocycles. The van der Waals surface area contributed by atoms with E-state index in [9.17, 15) is 19.2 Å². The molecule has 54 heavy (non-hydrogen) atoms. The highest BCUT2D eigenvalue weighted by atomic mass is 16.5. The van der Waals surface area contributed by atoms with Crippen LogP contribution in [0.25, 0.3) is 12.2 Å². The van der Waals surface area contributed by atoms with E-state index in [0.29, 0.717) is 28.2 Å². The fourth-order valence-electron chi connectivity index (χ4n) is 4.10. The molecule has 268 valence electrons. The quantitative estimate of drug-likeness (QED) is 0.0529. The Bertz CT molecular complexity index is 2330. The molecular formula is C46H36O8. The molecule has 0 unspecified atom stereocenters. The van der Waals surface area contributed by atoms with Gasteiger partial charge in [-0.25, -0.2) is 19.2 Å². The Morgan fingerprint density at radius 1 is 0.463 bits per heavy atom. The predicted molar refractivity (Wildman–Crippen MR) is 208 cm³/mol. The van der Waals surface area contributed by atoms with E-state index in [4.69, 9.17) is 18.9 Å². The van der Waals surface area contributed by atoms with Crippen molar-refractivity contribution in [1.82, 2.24) is 0 Å². The summed E-state index contributed by atoms with van der Waals surface area (Å²) in [6, 6.07) is 23.8. The molecule has 0 aliphatic carbocycles. The third kappa shape index (κ3) is 11.6. The van der Waals surface area contributed by atoms with Gasteiger partial charge in [0.15, 0.2) is 0 Å². The van der Waals surface area contributed by atoms with Gasteiger partial charge in [-0.2, -0.15) is 0 Å². The number of hydrogen-bond donors (Lipinski definition) is 0. The minimum absolute atomic E-state index is 0.116. The molecular weight excluding hydrogens is 680 g/mol. The molecule has 4 rings (SSSR count).